The second kappa shape index (κ2) is 8.36. The summed E-state index contributed by atoms with van der Waals surface area (Å²) in [6.07, 6.45) is 3.17. The number of aromatic nitrogens is 2. The van der Waals surface area contributed by atoms with Crippen molar-refractivity contribution in [2.45, 2.75) is 26.8 Å². The molecule has 1 atom stereocenters. The van der Waals surface area contributed by atoms with E-state index in [1.165, 1.54) is 11.1 Å². The average Bonchev–Trinajstić information content (AvgIpc) is 3.17. The molecule has 1 amide bonds. The summed E-state index contributed by atoms with van der Waals surface area (Å²) < 4.78 is 0. The van der Waals surface area contributed by atoms with Gasteiger partial charge in [-0.1, -0.05) is 48.5 Å². The summed E-state index contributed by atoms with van der Waals surface area (Å²) in [6.45, 7) is 6.00. The molecule has 0 radical (unpaired) electrons. The molecule has 2 N–H and O–H groups in total. The first-order valence-electron chi connectivity index (χ1n) is 9.08. The highest BCUT2D eigenvalue weighted by Gasteiger charge is 2.16. The first-order chi connectivity index (χ1) is 13.5. The van der Waals surface area contributed by atoms with E-state index in [1.807, 2.05) is 69.3 Å². The fraction of sp³-hybridized carbons (Fsp3) is 0.174. The standard InChI is InChI=1S/C23H22N4O/c1-15-9-10-19(11-16(15)2)17(3)26-23(28)20(13-24)12-21-14-25-27-22(21)18-7-5-4-6-8-18/h4-12,14,17H,1-3H3,(H,25,27)(H,26,28)/b20-12+/t17-/m1/s1. The molecule has 0 aliphatic heterocycles. The van der Waals surface area contributed by atoms with Crippen molar-refractivity contribution < 1.29 is 4.79 Å². The lowest BCUT2D eigenvalue weighted by atomic mass is 10.0. The molecule has 0 bridgehead atoms. The molecule has 0 spiro atoms. The van der Waals surface area contributed by atoms with Gasteiger partial charge in [0.1, 0.15) is 11.6 Å². The first-order valence-corrected chi connectivity index (χ1v) is 9.08. The molecule has 0 saturated heterocycles. The third-order valence-electron chi connectivity index (χ3n) is 4.77. The minimum Gasteiger partial charge on any atom is -0.345 e. The fourth-order valence-corrected chi connectivity index (χ4v) is 2.94. The van der Waals surface area contributed by atoms with Crippen molar-refractivity contribution in [3.8, 4) is 17.3 Å². The Morgan fingerprint density at radius 1 is 1.18 bits per heavy atom. The number of benzene rings is 2. The number of nitrogens with zero attached hydrogens (tertiary/aromatic N) is 2. The summed E-state index contributed by atoms with van der Waals surface area (Å²) in [7, 11) is 0. The maximum Gasteiger partial charge on any atom is 0.262 e. The monoisotopic (exact) mass is 370 g/mol. The van der Waals surface area contributed by atoms with Crippen molar-refractivity contribution in [1.29, 1.82) is 5.26 Å². The van der Waals surface area contributed by atoms with Gasteiger partial charge >= 0.3 is 0 Å². The molecule has 1 heterocycles. The molecule has 0 unspecified atom stereocenters. The SMILES string of the molecule is Cc1ccc([C@@H](C)NC(=O)/C(C#N)=C/c2cn[nH]c2-c2ccccc2)cc1C. The van der Waals surface area contributed by atoms with Crippen molar-refractivity contribution >= 4 is 12.0 Å². The van der Waals surface area contributed by atoms with Crippen molar-refractivity contribution in [2.24, 2.45) is 0 Å². The minimum absolute atomic E-state index is 0.0364. The van der Waals surface area contributed by atoms with Gasteiger partial charge in [0.15, 0.2) is 0 Å². The zero-order chi connectivity index (χ0) is 20.1. The van der Waals surface area contributed by atoms with E-state index in [9.17, 15) is 10.1 Å². The Kier molecular flexibility index (Phi) is 5.71. The fourth-order valence-electron chi connectivity index (χ4n) is 2.94. The van der Waals surface area contributed by atoms with Gasteiger partial charge in [0.2, 0.25) is 0 Å². The Morgan fingerprint density at radius 2 is 1.93 bits per heavy atom. The molecule has 2 aromatic carbocycles. The van der Waals surface area contributed by atoms with Gasteiger partial charge in [0.25, 0.3) is 5.91 Å². The molecule has 1 aromatic heterocycles. The van der Waals surface area contributed by atoms with Gasteiger partial charge in [-0.3, -0.25) is 9.89 Å². The molecule has 3 rings (SSSR count). The maximum atomic E-state index is 12.7. The van der Waals surface area contributed by atoms with Gasteiger partial charge in [0.05, 0.1) is 17.9 Å². The summed E-state index contributed by atoms with van der Waals surface area (Å²) in [5.74, 6) is -0.409. The number of hydrogen-bond donors (Lipinski definition) is 2. The van der Waals surface area contributed by atoms with Crippen molar-refractivity contribution in [3.05, 3.63) is 82.6 Å². The molecule has 5 heteroatoms. The maximum absolute atomic E-state index is 12.7. The Balaban J connectivity index is 1.82. The van der Waals surface area contributed by atoms with E-state index in [0.29, 0.717) is 5.56 Å². The molecular weight excluding hydrogens is 348 g/mol. The van der Waals surface area contributed by atoms with E-state index in [-0.39, 0.29) is 11.6 Å². The van der Waals surface area contributed by atoms with E-state index in [1.54, 1.807) is 12.3 Å². The van der Waals surface area contributed by atoms with E-state index in [2.05, 4.69) is 21.6 Å². The lowest BCUT2D eigenvalue weighted by Gasteiger charge is -2.15. The topological polar surface area (TPSA) is 81.6 Å². The first kappa shape index (κ1) is 19.1. The number of hydrogen-bond acceptors (Lipinski definition) is 3. The van der Waals surface area contributed by atoms with E-state index in [0.717, 1.165) is 16.8 Å². The largest absolute Gasteiger partial charge is 0.345 e. The predicted molar refractivity (Wildman–Crippen MR) is 110 cm³/mol. The molecule has 3 aromatic rings. The summed E-state index contributed by atoms with van der Waals surface area (Å²) in [4.78, 5) is 12.7. The van der Waals surface area contributed by atoms with Gasteiger partial charge in [0, 0.05) is 11.1 Å². The number of amides is 1. The summed E-state index contributed by atoms with van der Waals surface area (Å²) in [5, 5.41) is 19.4. The van der Waals surface area contributed by atoms with Crippen LogP contribution >= 0.6 is 0 Å². The molecule has 140 valence electrons. The van der Waals surface area contributed by atoms with Crippen LogP contribution in [0.1, 0.15) is 35.2 Å². The van der Waals surface area contributed by atoms with E-state index in [4.69, 9.17) is 0 Å². The molecule has 0 aliphatic carbocycles. The summed E-state index contributed by atoms with van der Waals surface area (Å²) >= 11 is 0. The molecule has 0 fully saturated rings. The highest BCUT2D eigenvalue weighted by atomic mass is 16.1. The van der Waals surface area contributed by atoms with Gasteiger partial charge in [-0.15, -0.1) is 0 Å². The average molecular weight is 370 g/mol. The minimum atomic E-state index is -0.409. The number of rotatable bonds is 5. The molecule has 0 aliphatic rings. The van der Waals surface area contributed by atoms with Crippen LogP contribution in [0.2, 0.25) is 0 Å². The van der Waals surface area contributed by atoms with Crippen LogP contribution < -0.4 is 5.32 Å². The van der Waals surface area contributed by atoms with E-state index < -0.39 is 5.91 Å². The lowest BCUT2D eigenvalue weighted by Crippen LogP contribution is -2.27. The van der Waals surface area contributed by atoms with Crippen molar-refractivity contribution in [2.75, 3.05) is 0 Å². The number of H-pyrrole nitrogens is 1. The predicted octanol–water partition coefficient (Wildman–Crippen LogP) is 4.48. The van der Waals surface area contributed by atoms with E-state index >= 15 is 0 Å². The summed E-state index contributed by atoms with van der Waals surface area (Å²) in [6, 6.07) is 17.5. The highest BCUT2D eigenvalue weighted by Crippen LogP contribution is 2.23. The Hall–Kier alpha value is -3.65. The number of carbonyl (C=O) groups excluding carboxylic acids is 1. The second-order valence-corrected chi connectivity index (χ2v) is 6.78. The van der Waals surface area contributed by atoms with Crippen LogP contribution in [-0.2, 0) is 4.79 Å². The number of carbonyl (C=O) groups is 1. The number of nitrogens with one attached hydrogen (secondary N) is 2. The summed E-state index contributed by atoms with van der Waals surface area (Å²) in [5.41, 5.74) is 5.80. The van der Waals surface area contributed by atoms with Gasteiger partial charge in [-0.05, 0) is 43.5 Å². The lowest BCUT2D eigenvalue weighted by molar-refractivity contribution is -0.117. The molecule has 5 nitrogen and oxygen atoms in total. The molecular formula is C23H22N4O. The smallest absolute Gasteiger partial charge is 0.262 e. The van der Waals surface area contributed by atoms with Gasteiger partial charge in [-0.2, -0.15) is 10.4 Å². The van der Waals surface area contributed by atoms with Crippen LogP contribution in [0, 0.1) is 25.2 Å². The van der Waals surface area contributed by atoms with Crippen molar-refractivity contribution in [1.82, 2.24) is 15.5 Å². The van der Waals surface area contributed by atoms with Crippen LogP contribution in [0.15, 0.2) is 60.3 Å². The van der Waals surface area contributed by atoms with Crippen LogP contribution in [0.4, 0.5) is 0 Å². The normalized spacial score (nSPS) is 12.3. The number of nitriles is 1. The van der Waals surface area contributed by atoms with Crippen molar-refractivity contribution in [3.63, 3.8) is 0 Å². The van der Waals surface area contributed by atoms with Crippen LogP contribution in [0.25, 0.3) is 17.3 Å². The molecule has 28 heavy (non-hydrogen) atoms. The highest BCUT2D eigenvalue weighted by molar-refractivity contribution is 6.02. The second-order valence-electron chi connectivity index (χ2n) is 6.78. The van der Waals surface area contributed by atoms with Gasteiger partial charge in [-0.25, -0.2) is 0 Å². The zero-order valence-electron chi connectivity index (χ0n) is 16.2. The molecule has 0 saturated carbocycles. The third kappa shape index (κ3) is 4.18. The Labute approximate surface area is 164 Å². The number of aryl methyl sites for hydroxylation is 2. The number of aromatic amines is 1. The van der Waals surface area contributed by atoms with Crippen LogP contribution in [0.3, 0.4) is 0 Å². The zero-order valence-corrected chi connectivity index (χ0v) is 16.2. The Morgan fingerprint density at radius 3 is 2.61 bits per heavy atom. The van der Waals surface area contributed by atoms with Crippen LogP contribution in [-0.4, -0.2) is 16.1 Å². The van der Waals surface area contributed by atoms with Gasteiger partial charge < -0.3 is 5.32 Å². The Bertz CT molecular complexity index is 1060. The third-order valence-corrected chi connectivity index (χ3v) is 4.77. The van der Waals surface area contributed by atoms with Crippen LogP contribution in [0.5, 0.6) is 0 Å². The quantitative estimate of drug-likeness (QED) is 0.513.